The Morgan fingerprint density at radius 2 is 1.65 bits per heavy atom. The van der Waals surface area contributed by atoms with E-state index in [4.69, 9.17) is 0 Å². The summed E-state index contributed by atoms with van der Waals surface area (Å²) in [5, 5.41) is 6.23. The minimum atomic E-state index is -0.0596. The second-order valence-electron chi connectivity index (χ2n) is 8.83. The van der Waals surface area contributed by atoms with Crippen LogP contribution in [0.5, 0.6) is 0 Å². The third-order valence-corrected chi connectivity index (χ3v) is 6.60. The molecule has 31 heavy (non-hydrogen) atoms. The molecule has 2 N–H and O–H groups in total. The van der Waals surface area contributed by atoms with E-state index < -0.39 is 0 Å². The van der Waals surface area contributed by atoms with E-state index in [9.17, 15) is 9.59 Å². The zero-order chi connectivity index (χ0) is 21.8. The van der Waals surface area contributed by atoms with Crippen molar-refractivity contribution in [1.29, 1.82) is 0 Å². The Hall–Kier alpha value is -2.83. The van der Waals surface area contributed by atoms with Crippen LogP contribution in [0.25, 0.3) is 5.82 Å². The van der Waals surface area contributed by atoms with Crippen LogP contribution in [0.1, 0.15) is 66.7 Å². The normalized spacial score (nSPS) is 18.1. The second kappa shape index (κ2) is 9.54. The number of rotatable bonds is 4. The van der Waals surface area contributed by atoms with Crippen molar-refractivity contribution in [2.75, 3.05) is 13.1 Å². The monoisotopic (exact) mass is 423 g/mol. The molecule has 3 amide bonds. The predicted octanol–water partition coefficient (Wildman–Crippen LogP) is 3.73. The molecular formula is C24H33N5O2. The van der Waals surface area contributed by atoms with Gasteiger partial charge in [0.15, 0.2) is 0 Å². The first-order valence-electron chi connectivity index (χ1n) is 11.5. The lowest BCUT2D eigenvalue weighted by molar-refractivity contribution is 0.0707. The number of likely N-dealkylation sites (tertiary alicyclic amines) is 1. The van der Waals surface area contributed by atoms with Gasteiger partial charge >= 0.3 is 6.03 Å². The topological polar surface area (TPSA) is 79.3 Å². The molecule has 0 atom stereocenters. The summed E-state index contributed by atoms with van der Waals surface area (Å²) in [7, 11) is 0. The maximum atomic E-state index is 13.2. The van der Waals surface area contributed by atoms with Gasteiger partial charge in [-0.05, 0) is 57.7 Å². The molecule has 166 valence electrons. The van der Waals surface area contributed by atoms with E-state index >= 15 is 0 Å². The number of amides is 3. The van der Waals surface area contributed by atoms with Crippen molar-refractivity contribution >= 4 is 11.9 Å². The first-order chi connectivity index (χ1) is 15.0. The van der Waals surface area contributed by atoms with Gasteiger partial charge in [0.25, 0.3) is 5.91 Å². The zero-order valence-corrected chi connectivity index (χ0v) is 18.6. The molecule has 0 spiro atoms. The SMILES string of the molecule is Cc1cc(C(=O)N2CCC(NC(=O)NC3CCCCC3)CC2)c(C)n1-c1ccccn1. The Bertz CT molecular complexity index is 910. The van der Waals surface area contributed by atoms with E-state index in [1.54, 1.807) is 6.20 Å². The number of pyridine rings is 1. The number of piperidine rings is 1. The largest absolute Gasteiger partial charge is 0.338 e. The predicted molar refractivity (Wildman–Crippen MR) is 121 cm³/mol. The number of aryl methyl sites for hydroxylation is 1. The van der Waals surface area contributed by atoms with E-state index in [0.29, 0.717) is 19.1 Å². The van der Waals surface area contributed by atoms with Crippen molar-refractivity contribution in [3.05, 3.63) is 47.4 Å². The molecular weight excluding hydrogens is 390 g/mol. The lowest BCUT2D eigenvalue weighted by Gasteiger charge is -2.33. The third-order valence-electron chi connectivity index (χ3n) is 6.60. The number of hydrogen-bond donors (Lipinski definition) is 2. The molecule has 7 nitrogen and oxygen atoms in total. The fraction of sp³-hybridized carbons (Fsp3) is 0.542. The fourth-order valence-electron chi connectivity index (χ4n) is 4.87. The Morgan fingerprint density at radius 1 is 0.968 bits per heavy atom. The van der Waals surface area contributed by atoms with Gasteiger partial charge in [-0.3, -0.25) is 4.79 Å². The van der Waals surface area contributed by atoms with Crippen molar-refractivity contribution < 1.29 is 9.59 Å². The van der Waals surface area contributed by atoms with E-state index in [-0.39, 0.29) is 18.0 Å². The summed E-state index contributed by atoms with van der Waals surface area (Å²) in [6.07, 6.45) is 9.16. The van der Waals surface area contributed by atoms with E-state index in [1.165, 1.54) is 19.3 Å². The smallest absolute Gasteiger partial charge is 0.315 e. The molecule has 0 aromatic carbocycles. The lowest BCUT2D eigenvalue weighted by Crippen LogP contribution is -2.51. The van der Waals surface area contributed by atoms with Crippen LogP contribution in [0.4, 0.5) is 4.79 Å². The van der Waals surface area contributed by atoms with Gasteiger partial charge < -0.3 is 20.1 Å². The number of urea groups is 1. The molecule has 2 fully saturated rings. The highest BCUT2D eigenvalue weighted by atomic mass is 16.2. The minimum absolute atomic E-state index is 0.0559. The van der Waals surface area contributed by atoms with Crippen LogP contribution in [0.3, 0.4) is 0 Å². The summed E-state index contributed by atoms with van der Waals surface area (Å²) < 4.78 is 2.02. The average molecular weight is 424 g/mol. The third kappa shape index (κ3) is 4.92. The molecule has 1 saturated heterocycles. The van der Waals surface area contributed by atoms with E-state index in [0.717, 1.165) is 48.5 Å². The van der Waals surface area contributed by atoms with Crippen LogP contribution in [0, 0.1) is 13.8 Å². The van der Waals surface area contributed by atoms with E-state index in [2.05, 4.69) is 15.6 Å². The zero-order valence-electron chi connectivity index (χ0n) is 18.6. The number of nitrogens with zero attached hydrogens (tertiary/aromatic N) is 3. The van der Waals surface area contributed by atoms with Crippen molar-refractivity contribution in [3.8, 4) is 5.82 Å². The van der Waals surface area contributed by atoms with Gasteiger partial charge in [0.05, 0.1) is 5.56 Å². The molecule has 0 radical (unpaired) electrons. The summed E-state index contributed by atoms with van der Waals surface area (Å²) in [6.45, 7) is 5.28. The van der Waals surface area contributed by atoms with Crippen molar-refractivity contribution in [2.24, 2.45) is 0 Å². The minimum Gasteiger partial charge on any atom is -0.338 e. The van der Waals surface area contributed by atoms with Crippen molar-refractivity contribution in [1.82, 2.24) is 25.1 Å². The number of nitrogens with one attached hydrogen (secondary N) is 2. The number of carbonyl (C=O) groups is 2. The summed E-state index contributed by atoms with van der Waals surface area (Å²) in [5.41, 5.74) is 2.63. The van der Waals surface area contributed by atoms with Gasteiger partial charge in [0, 0.05) is 42.8 Å². The molecule has 2 aromatic rings. The molecule has 3 heterocycles. The van der Waals surface area contributed by atoms with Crippen LogP contribution in [0.2, 0.25) is 0 Å². The molecule has 1 saturated carbocycles. The van der Waals surface area contributed by atoms with Gasteiger partial charge in [0.2, 0.25) is 0 Å². The summed E-state index contributed by atoms with van der Waals surface area (Å²) in [5.74, 6) is 0.879. The van der Waals surface area contributed by atoms with Crippen LogP contribution < -0.4 is 10.6 Å². The number of carbonyl (C=O) groups excluding carboxylic acids is 2. The maximum Gasteiger partial charge on any atom is 0.315 e. The van der Waals surface area contributed by atoms with Crippen LogP contribution in [-0.4, -0.2) is 51.6 Å². The molecule has 2 aromatic heterocycles. The lowest BCUT2D eigenvalue weighted by atomic mass is 9.96. The van der Waals surface area contributed by atoms with Gasteiger partial charge in [-0.25, -0.2) is 9.78 Å². The van der Waals surface area contributed by atoms with Gasteiger partial charge in [-0.2, -0.15) is 0 Å². The van der Waals surface area contributed by atoms with Crippen LogP contribution >= 0.6 is 0 Å². The first-order valence-corrected chi connectivity index (χ1v) is 11.5. The Balaban J connectivity index is 1.33. The standard InChI is InChI=1S/C24H33N5O2/c1-17-16-21(18(2)29(17)22-10-6-7-13-25-22)23(30)28-14-11-20(12-15-28)27-24(31)26-19-8-4-3-5-9-19/h6-7,10,13,16,19-20H,3-5,8-9,11-12,14-15H2,1-2H3,(H2,26,27,31). The molecule has 2 aliphatic rings. The Morgan fingerprint density at radius 3 is 2.29 bits per heavy atom. The molecule has 0 unspecified atom stereocenters. The summed E-state index contributed by atoms with van der Waals surface area (Å²) in [4.78, 5) is 31.9. The van der Waals surface area contributed by atoms with Gasteiger partial charge in [-0.1, -0.05) is 25.3 Å². The Labute approximate surface area is 184 Å². The molecule has 1 aliphatic heterocycles. The summed E-state index contributed by atoms with van der Waals surface area (Å²) >= 11 is 0. The fourth-order valence-corrected chi connectivity index (χ4v) is 4.87. The average Bonchev–Trinajstić information content (AvgIpc) is 3.09. The van der Waals surface area contributed by atoms with Crippen LogP contribution in [0.15, 0.2) is 30.5 Å². The van der Waals surface area contributed by atoms with Crippen molar-refractivity contribution in [2.45, 2.75) is 70.9 Å². The highest BCUT2D eigenvalue weighted by Gasteiger charge is 2.27. The first kappa shape index (κ1) is 21.4. The molecule has 0 bridgehead atoms. The van der Waals surface area contributed by atoms with Gasteiger partial charge in [-0.15, -0.1) is 0 Å². The highest BCUT2D eigenvalue weighted by molar-refractivity contribution is 5.96. The second-order valence-corrected chi connectivity index (χ2v) is 8.83. The highest BCUT2D eigenvalue weighted by Crippen LogP contribution is 2.23. The quantitative estimate of drug-likeness (QED) is 0.787. The van der Waals surface area contributed by atoms with E-state index in [1.807, 2.05) is 47.6 Å². The molecule has 7 heteroatoms. The number of hydrogen-bond acceptors (Lipinski definition) is 3. The molecule has 1 aliphatic carbocycles. The van der Waals surface area contributed by atoms with Crippen LogP contribution in [-0.2, 0) is 0 Å². The van der Waals surface area contributed by atoms with Gasteiger partial charge in [0.1, 0.15) is 5.82 Å². The summed E-state index contributed by atoms with van der Waals surface area (Å²) in [6, 6.07) is 8.11. The van der Waals surface area contributed by atoms with Crippen molar-refractivity contribution in [3.63, 3.8) is 0 Å². The molecule has 4 rings (SSSR count). The number of aromatic nitrogens is 2. The Kier molecular flexibility index (Phi) is 6.59. The maximum absolute atomic E-state index is 13.2.